The van der Waals surface area contributed by atoms with Crippen LogP contribution in [0.4, 0.5) is 0 Å². The third kappa shape index (κ3) is 2.93. The topological polar surface area (TPSA) is 20.2 Å². The van der Waals surface area contributed by atoms with Gasteiger partial charge in [0.2, 0.25) is 0 Å². The maximum Gasteiger partial charge on any atom is 0.0701 e. The summed E-state index contributed by atoms with van der Waals surface area (Å²) in [6.07, 6.45) is 3.93. The molecule has 0 spiro atoms. The lowest BCUT2D eigenvalue weighted by Crippen LogP contribution is -2.24. The Morgan fingerprint density at radius 3 is 2.89 bits per heavy atom. The Balaban J connectivity index is 1.79. The Bertz CT molecular complexity index is 563. The molecule has 0 saturated heterocycles. The second-order valence-corrected chi connectivity index (χ2v) is 7.72. The van der Waals surface area contributed by atoms with Gasteiger partial charge in [-0.25, -0.2) is 0 Å². The van der Waals surface area contributed by atoms with Gasteiger partial charge in [0.05, 0.1) is 9.89 Å². The summed E-state index contributed by atoms with van der Waals surface area (Å²) in [5.74, 6) is 0.297. The zero-order chi connectivity index (χ0) is 13.2. The monoisotopic (exact) mass is 336 g/mol. The first-order chi connectivity index (χ1) is 9.24. The van der Waals surface area contributed by atoms with E-state index in [-0.39, 0.29) is 6.10 Å². The fourth-order valence-corrected chi connectivity index (χ4v) is 4.53. The van der Waals surface area contributed by atoms with E-state index in [1.807, 2.05) is 0 Å². The molecule has 2 atom stereocenters. The summed E-state index contributed by atoms with van der Waals surface area (Å²) in [7, 11) is 0. The summed E-state index contributed by atoms with van der Waals surface area (Å²) in [5, 5.41) is 10.6. The van der Waals surface area contributed by atoms with Crippen molar-refractivity contribution in [2.24, 2.45) is 0 Å². The van der Waals surface area contributed by atoms with E-state index in [9.17, 15) is 5.11 Å². The van der Waals surface area contributed by atoms with Crippen molar-refractivity contribution in [3.05, 3.63) is 56.2 Å². The predicted octanol–water partition coefficient (Wildman–Crippen LogP) is 4.53. The van der Waals surface area contributed by atoms with Gasteiger partial charge in [-0.1, -0.05) is 24.3 Å². The summed E-state index contributed by atoms with van der Waals surface area (Å²) in [4.78, 5) is 1.25. The summed E-state index contributed by atoms with van der Waals surface area (Å²) in [6, 6.07) is 12.7. The van der Waals surface area contributed by atoms with Crippen LogP contribution in [0.5, 0.6) is 0 Å². The van der Waals surface area contributed by atoms with Crippen molar-refractivity contribution >= 4 is 27.3 Å². The summed E-state index contributed by atoms with van der Waals surface area (Å²) < 4.78 is 1.14. The van der Waals surface area contributed by atoms with E-state index >= 15 is 0 Å². The molecule has 3 rings (SSSR count). The number of aliphatic hydroxyl groups excluding tert-OH is 1. The van der Waals surface area contributed by atoms with Gasteiger partial charge in [0.25, 0.3) is 0 Å². The van der Waals surface area contributed by atoms with Gasteiger partial charge < -0.3 is 5.11 Å². The molecule has 1 heterocycles. The summed E-state index contributed by atoms with van der Waals surface area (Å²) in [6.45, 7) is 0. The zero-order valence-corrected chi connectivity index (χ0v) is 13.1. The largest absolute Gasteiger partial charge is 0.392 e. The molecule has 19 heavy (non-hydrogen) atoms. The Labute approximate surface area is 126 Å². The van der Waals surface area contributed by atoms with E-state index in [0.717, 1.165) is 23.0 Å². The number of hydrogen-bond donors (Lipinski definition) is 1. The van der Waals surface area contributed by atoms with Crippen LogP contribution in [-0.4, -0.2) is 11.2 Å². The molecule has 0 amide bonds. The normalized spacial score (nSPS) is 20.0. The molecule has 1 aliphatic carbocycles. The number of rotatable bonds is 3. The number of aryl methyl sites for hydroxylation is 1. The minimum absolute atomic E-state index is 0.271. The Morgan fingerprint density at radius 2 is 2.11 bits per heavy atom. The average Bonchev–Trinajstić information content (AvgIpc) is 2.83. The number of aliphatic hydroxyl groups is 1. The standard InChI is InChI=1S/C16H17BrOS/c17-16-9-8-12(19-16)10-15(18)14-7-3-5-11-4-1-2-6-13(11)14/h1-2,4,6,8-9,14-15,18H,3,5,7,10H2. The maximum absolute atomic E-state index is 10.6. The number of hydrogen-bond acceptors (Lipinski definition) is 2. The van der Waals surface area contributed by atoms with E-state index in [2.05, 4.69) is 52.3 Å². The average molecular weight is 337 g/mol. The van der Waals surface area contributed by atoms with Crippen molar-refractivity contribution in [2.75, 3.05) is 0 Å². The van der Waals surface area contributed by atoms with Gasteiger partial charge in [0, 0.05) is 17.2 Å². The van der Waals surface area contributed by atoms with Gasteiger partial charge in [-0.15, -0.1) is 11.3 Å². The molecular formula is C16H17BrOS. The second kappa shape index (κ2) is 5.78. The molecule has 0 radical (unpaired) electrons. The van der Waals surface area contributed by atoms with E-state index in [1.165, 1.54) is 22.4 Å². The molecule has 2 unspecified atom stereocenters. The van der Waals surface area contributed by atoms with Crippen molar-refractivity contribution in [1.82, 2.24) is 0 Å². The van der Waals surface area contributed by atoms with Crippen LogP contribution in [0.3, 0.4) is 0 Å². The number of fused-ring (bicyclic) bond motifs is 1. The molecule has 1 aromatic heterocycles. The molecule has 0 saturated carbocycles. The minimum atomic E-state index is -0.271. The molecule has 0 fully saturated rings. The Hall–Kier alpha value is -0.640. The molecule has 0 bridgehead atoms. The molecular weight excluding hydrogens is 320 g/mol. The van der Waals surface area contributed by atoms with Crippen LogP contribution in [-0.2, 0) is 12.8 Å². The SMILES string of the molecule is OC(Cc1ccc(Br)s1)C1CCCc2ccccc21. The van der Waals surface area contributed by atoms with Crippen LogP contribution in [0, 0.1) is 0 Å². The zero-order valence-electron chi connectivity index (χ0n) is 10.7. The molecule has 2 aromatic rings. The quantitative estimate of drug-likeness (QED) is 0.872. The van der Waals surface area contributed by atoms with Gasteiger partial charge in [-0.3, -0.25) is 0 Å². The lowest BCUT2D eigenvalue weighted by Gasteiger charge is -2.29. The van der Waals surface area contributed by atoms with Crippen molar-refractivity contribution in [3.63, 3.8) is 0 Å². The summed E-state index contributed by atoms with van der Waals surface area (Å²) in [5.41, 5.74) is 2.78. The van der Waals surface area contributed by atoms with Gasteiger partial charge in [0.1, 0.15) is 0 Å². The van der Waals surface area contributed by atoms with Crippen LogP contribution in [0.2, 0.25) is 0 Å². The van der Waals surface area contributed by atoms with Gasteiger partial charge in [-0.2, -0.15) is 0 Å². The van der Waals surface area contributed by atoms with E-state index in [1.54, 1.807) is 11.3 Å². The molecule has 1 N–H and O–H groups in total. The fourth-order valence-electron chi connectivity index (χ4n) is 3.00. The second-order valence-electron chi connectivity index (χ2n) is 5.17. The highest BCUT2D eigenvalue weighted by Crippen LogP contribution is 2.35. The highest BCUT2D eigenvalue weighted by atomic mass is 79.9. The third-order valence-electron chi connectivity index (χ3n) is 3.92. The van der Waals surface area contributed by atoms with Crippen molar-refractivity contribution < 1.29 is 5.11 Å². The first-order valence-corrected chi connectivity index (χ1v) is 8.35. The van der Waals surface area contributed by atoms with Crippen LogP contribution in [0.15, 0.2) is 40.2 Å². The number of thiophene rings is 1. The van der Waals surface area contributed by atoms with E-state index in [4.69, 9.17) is 0 Å². The third-order valence-corrected chi connectivity index (χ3v) is 5.57. The van der Waals surface area contributed by atoms with Crippen LogP contribution in [0.25, 0.3) is 0 Å². The van der Waals surface area contributed by atoms with Crippen LogP contribution in [0.1, 0.15) is 34.8 Å². The number of benzene rings is 1. The Kier molecular flexibility index (Phi) is 4.06. The highest BCUT2D eigenvalue weighted by Gasteiger charge is 2.26. The minimum Gasteiger partial charge on any atom is -0.392 e. The lowest BCUT2D eigenvalue weighted by atomic mass is 9.79. The Morgan fingerprint density at radius 1 is 1.26 bits per heavy atom. The van der Waals surface area contributed by atoms with Crippen molar-refractivity contribution in [3.8, 4) is 0 Å². The molecule has 1 aromatic carbocycles. The van der Waals surface area contributed by atoms with Gasteiger partial charge in [0.15, 0.2) is 0 Å². The van der Waals surface area contributed by atoms with E-state index in [0.29, 0.717) is 5.92 Å². The first-order valence-electron chi connectivity index (χ1n) is 6.74. The maximum atomic E-state index is 10.6. The van der Waals surface area contributed by atoms with Crippen LogP contribution >= 0.6 is 27.3 Å². The van der Waals surface area contributed by atoms with Gasteiger partial charge in [-0.05, 0) is 58.5 Å². The summed E-state index contributed by atoms with van der Waals surface area (Å²) >= 11 is 5.20. The number of halogens is 1. The molecule has 1 nitrogen and oxygen atoms in total. The smallest absolute Gasteiger partial charge is 0.0701 e. The van der Waals surface area contributed by atoms with Gasteiger partial charge >= 0.3 is 0 Å². The van der Waals surface area contributed by atoms with Crippen molar-refractivity contribution in [2.45, 2.75) is 37.7 Å². The van der Waals surface area contributed by atoms with Crippen molar-refractivity contribution in [1.29, 1.82) is 0 Å². The predicted molar refractivity (Wildman–Crippen MR) is 83.9 cm³/mol. The first kappa shape index (κ1) is 13.3. The molecule has 1 aliphatic rings. The highest BCUT2D eigenvalue weighted by molar-refractivity contribution is 9.11. The van der Waals surface area contributed by atoms with Crippen LogP contribution < -0.4 is 0 Å². The fraction of sp³-hybridized carbons (Fsp3) is 0.375. The molecule has 3 heteroatoms. The van der Waals surface area contributed by atoms with E-state index < -0.39 is 0 Å². The molecule has 0 aliphatic heterocycles. The lowest BCUT2D eigenvalue weighted by molar-refractivity contribution is 0.135. The molecule has 100 valence electrons.